The summed E-state index contributed by atoms with van der Waals surface area (Å²) < 4.78 is 2.33. The highest BCUT2D eigenvalue weighted by Gasteiger charge is 2.19. The Morgan fingerprint density at radius 3 is 2.69 bits per heavy atom. The Morgan fingerprint density at radius 1 is 1.04 bits per heavy atom. The Balaban J connectivity index is 1.79. The molecule has 3 heterocycles. The van der Waals surface area contributed by atoms with Gasteiger partial charge in [-0.1, -0.05) is 37.3 Å². The van der Waals surface area contributed by atoms with Gasteiger partial charge in [0.05, 0.1) is 11.4 Å². The fraction of sp³-hybridized carbons (Fsp3) is 0.409. The molecule has 0 unspecified atom stereocenters. The van der Waals surface area contributed by atoms with Gasteiger partial charge in [-0.15, -0.1) is 0 Å². The van der Waals surface area contributed by atoms with Gasteiger partial charge in [-0.3, -0.25) is 9.30 Å². The average Bonchev–Trinajstić information content (AvgIpc) is 2.84. The van der Waals surface area contributed by atoms with Crippen LogP contribution in [0.4, 0.5) is 0 Å². The molecule has 1 aliphatic heterocycles. The van der Waals surface area contributed by atoms with Crippen molar-refractivity contribution in [3.8, 4) is 11.3 Å². The number of rotatable bonds is 4. The van der Waals surface area contributed by atoms with Gasteiger partial charge in [0.25, 0.3) is 0 Å². The van der Waals surface area contributed by atoms with E-state index in [-0.39, 0.29) is 0 Å². The van der Waals surface area contributed by atoms with Crippen molar-refractivity contribution in [1.29, 1.82) is 0 Å². The maximum absolute atomic E-state index is 5.01. The molecule has 4 nitrogen and oxygen atoms in total. The lowest BCUT2D eigenvalue weighted by Crippen LogP contribution is -2.28. The Hall–Kier alpha value is -2.17. The predicted octanol–water partition coefficient (Wildman–Crippen LogP) is 3.67. The fourth-order valence-corrected chi connectivity index (χ4v) is 3.87. The highest BCUT2D eigenvalue weighted by molar-refractivity contribution is 5.67. The SMILES string of the molecule is CCc1ccc(-c2nc3cccc(C)n3c2CN2CCCNCC2)cc1. The van der Waals surface area contributed by atoms with Gasteiger partial charge in [0.15, 0.2) is 0 Å². The molecule has 1 aromatic carbocycles. The third-order valence-corrected chi connectivity index (χ3v) is 5.38. The highest BCUT2D eigenvalue weighted by atomic mass is 15.2. The van der Waals surface area contributed by atoms with Crippen molar-refractivity contribution in [1.82, 2.24) is 19.6 Å². The summed E-state index contributed by atoms with van der Waals surface area (Å²) in [5.74, 6) is 0. The number of aryl methyl sites for hydroxylation is 2. The van der Waals surface area contributed by atoms with Crippen LogP contribution >= 0.6 is 0 Å². The average molecular weight is 348 g/mol. The molecule has 26 heavy (non-hydrogen) atoms. The molecule has 0 amide bonds. The molecule has 0 radical (unpaired) electrons. The van der Waals surface area contributed by atoms with E-state index in [1.54, 1.807) is 0 Å². The zero-order valence-electron chi connectivity index (χ0n) is 15.8. The molecule has 3 aromatic rings. The van der Waals surface area contributed by atoms with Crippen LogP contribution in [0.1, 0.15) is 30.3 Å². The minimum Gasteiger partial charge on any atom is -0.315 e. The van der Waals surface area contributed by atoms with E-state index in [0.717, 1.165) is 50.5 Å². The van der Waals surface area contributed by atoms with E-state index in [9.17, 15) is 0 Å². The van der Waals surface area contributed by atoms with Crippen LogP contribution < -0.4 is 5.32 Å². The monoisotopic (exact) mass is 348 g/mol. The first-order valence-electron chi connectivity index (χ1n) is 9.75. The lowest BCUT2D eigenvalue weighted by molar-refractivity contribution is 0.280. The van der Waals surface area contributed by atoms with E-state index in [1.807, 2.05) is 0 Å². The number of nitrogens with one attached hydrogen (secondary N) is 1. The van der Waals surface area contributed by atoms with Gasteiger partial charge in [-0.25, -0.2) is 4.98 Å². The van der Waals surface area contributed by atoms with E-state index in [2.05, 4.69) is 70.9 Å². The lowest BCUT2D eigenvalue weighted by Gasteiger charge is -2.20. The van der Waals surface area contributed by atoms with Crippen LogP contribution in [0.25, 0.3) is 16.9 Å². The van der Waals surface area contributed by atoms with Crippen molar-refractivity contribution < 1.29 is 0 Å². The van der Waals surface area contributed by atoms with E-state index in [1.165, 1.54) is 28.9 Å². The third kappa shape index (κ3) is 3.39. The molecule has 1 aliphatic rings. The van der Waals surface area contributed by atoms with Gasteiger partial charge >= 0.3 is 0 Å². The zero-order chi connectivity index (χ0) is 17.9. The minimum atomic E-state index is 0.943. The standard InChI is InChI=1S/C22H28N4/c1-3-18-8-10-19(11-9-18)22-20(16-25-14-5-12-23-13-15-25)26-17(2)6-4-7-21(26)24-22/h4,6-11,23H,3,5,12-16H2,1-2H3. The zero-order valence-corrected chi connectivity index (χ0v) is 15.8. The summed E-state index contributed by atoms with van der Waals surface area (Å²) in [6, 6.07) is 15.3. The Bertz CT molecular complexity index is 871. The number of hydrogen-bond acceptors (Lipinski definition) is 3. The molecule has 1 saturated heterocycles. The van der Waals surface area contributed by atoms with Crippen LogP contribution in [0.5, 0.6) is 0 Å². The van der Waals surface area contributed by atoms with Gasteiger partial charge < -0.3 is 5.32 Å². The van der Waals surface area contributed by atoms with Crippen molar-refractivity contribution in [2.75, 3.05) is 26.2 Å². The summed E-state index contributed by atoms with van der Waals surface area (Å²) in [6.45, 7) is 9.73. The van der Waals surface area contributed by atoms with Crippen molar-refractivity contribution in [3.63, 3.8) is 0 Å². The molecule has 4 rings (SSSR count). The maximum atomic E-state index is 5.01. The number of benzene rings is 1. The number of nitrogens with zero attached hydrogens (tertiary/aromatic N) is 3. The van der Waals surface area contributed by atoms with Crippen molar-refractivity contribution >= 4 is 5.65 Å². The smallest absolute Gasteiger partial charge is 0.137 e. The van der Waals surface area contributed by atoms with Crippen LogP contribution in [-0.2, 0) is 13.0 Å². The summed E-state index contributed by atoms with van der Waals surface area (Å²) in [5, 5.41) is 3.50. The summed E-state index contributed by atoms with van der Waals surface area (Å²) in [4.78, 5) is 7.56. The van der Waals surface area contributed by atoms with E-state index >= 15 is 0 Å². The quantitative estimate of drug-likeness (QED) is 0.781. The third-order valence-electron chi connectivity index (χ3n) is 5.38. The number of hydrogen-bond donors (Lipinski definition) is 1. The predicted molar refractivity (Wildman–Crippen MR) is 108 cm³/mol. The molecule has 0 aliphatic carbocycles. The number of fused-ring (bicyclic) bond motifs is 1. The van der Waals surface area contributed by atoms with Gasteiger partial charge in [-0.2, -0.15) is 0 Å². The number of pyridine rings is 1. The Kier molecular flexibility index (Phi) is 5.05. The minimum absolute atomic E-state index is 0.943. The molecule has 0 saturated carbocycles. The molecule has 0 atom stereocenters. The first-order chi connectivity index (χ1) is 12.8. The van der Waals surface area contributed by atoms with Gasteiger partial charge in [0.1, 0.15) is 5.65 Å². The molecule has 136 valence electrons. The number of aromatic nitrogens is 2. The Labute approximate surface area is 155 Å². The second-order valence-corrected chi connectivity index (χ2v) is 7.20. The van der Waals surface area contributed by atoms with Crippen molar-refractivity contribution in [2.45, 2.75) is 33.2 Å². The largest absolute Gasteiger partial charge is 0.315 e. The molecular weight excluding hydrogens is 320 g/mol. The van der Waals surface area contributed by atoms with E-state index in [4.69, 9.17) is 4.98 Å². The van der Waals surface area contributed by atoms with Gasteiger partial charge in [-0.05, 0) is 50.6 Å². The second kappa shape index (κ2) is 7.60. The van der Waals surface area contributed by atoms with Crippen LogP contribution in [0, 0.1) is 6.92 Å². The normalized spacial score (nSPS) is 16.1. The molecule has 1 fully saturated rings. The van der Waals surface area contributed by atoms with E-state index < -0.39 is 0 Å². The molecule has 4 heteroatoms. The van der Waals surface area contributed by atoms with Crippen LogP contribution in [0.3, 0.4) is 0 Å². The molecule has 2 aromatic heterocycles. The van der Waals surface area contributed by atoms with E-state index in [0.29, 0.717) is 0 Å². The maximum Gasteiger partial charge on any atom is 0.137 e. The summed E-state index contributed by atoms with van der Waals surface area (Å²) >= 11 is 0. The summed E-state index contributed by atoms with van der Waals surface area (Å²) in [5.41, 5.74) is 7.31. The topological polar surface area (TPSA) is 32.6 Å². The number of imidazole rings is 1. The molecular formula is C22H28N4. The highest BCUT2D eigenvalue weighted by Crippen LogP contribution is 2.27. The van der Waals surface area contributed by atoms with Gasteiger partial charge in [0, 0.05) is 30.9 Å². The van der Waals surface area contributed by atoms with Crippen molar-refractivity contribution in [2.24, 2.45) is 0 Å². The molecule has 1 N–H and O–H groups in total. The summed E-state index contributed by atoms with van der Waals surface area (Å²) in [7, 11) is 0. The van der Waals surface area contributed by atoms with Crippen LogP contribution in [0.2, 0.25) is 0 Å². The fourth-order valence-electron chi connectivity index (χ4n) is 3.87. The van der Waals surface area contributed by atoms with Crippen LogP contribution in [0.15, 0.2) is 42.5 Å². The van der Waals surface area contributed by atoms with Crippen molar-refractivity contribution in [3.05, 3.63) is 59.4 Å². The lowest BCUT2D eigenvalue weighted by atomic mass is 10.1. The van der Waals surface area contributed by atoms with Crippen LogP contribution in [-0.4, -0.2) is 40.5 Å². The first-order valence-corrected chi connectivity index (χ1v) is 9.75. The molecule has 0 bridgehead atoms. The molecule has 0 spiro atoms. The first kappa shape index (κ1) is 17.3. The Morgan fingerprint density at radius 2 is 1.88 bits per heavy atom. The van der Waals surface area contributed by atoms with Gasteiger partial charge in [0.2, 0.25) is 0 Å². The second-order valence-electron chi connectivity index (χ2n) is 7.20. The summed E-state index contributed by atoms with van der Waals surface area (Å²) in [6.07, 6.45) is 2.27.